The lowest BCUT2D eigenvalue weighted by Gasteiger charge is -2.34. The fourth-order valence-corrected chi connectivity index (χ4v) is 6.01. The van der Waals surface area contributed by atoms with Gasteiger partial charge in [0, 0.05) is 36.0 Å². The number of rotatable bonds is 9. The SMILES string of the molecule is COc1cc(NC(=O)OCC2CCCC2CN2CCC(c3noc4cc(F)ccc34)CC2)cc(OC)c1OC. The third kappa shape index (κ3) is 6.06. The Balaban J connectivity index is 1.11. The first-order valence-corrected chi connectivity index (χ1v) is 13.5. The number of carbonyl (C=O) groups is 1. The van der Waals surface area contributed by atoms with Gasteiger partial charge in [0.25, 0.3) is 0 Å². The first kappa shape index (κ1) is 27.1. The molecule has 2 fully saturated rings. The minimum Gasteiger partial charge on any atom is -0.493 e. The molecule has 1 saturated carbocycles. The Morgan fingerprint density at radius 1 is 1.03 bits per heavy atom. The zero-order valence-electron chi connectivity index (χ0n) is 22.7. The van der Waals surface area contributed by atoms with Crippen LogP contribution in [-0.4, -0.2) is 63.7 Å². The summed E-state index contributed by atoms with van der Waals surface area (Å²) in [6.07, 6.45) is 4.82. The second-order valence-electron chi connectivity index (χ2n) is 10.4. The Labute approximate surface area is 227 Å². The van der Waals surface area contributed by atoms with Crippen molar-refractivity contribution in [3.8, 4) is 17.2 Å². The highest BCUT2D eigenvalue weighted by atomic mass is 19.1. The number of hydrogen-bond acceptors (Lipinski definition) is 8. The van der Waals surface area contributed by atoms with Crippen LogP contribution in [0.5, 0.6) is 17.2 Å². The van der Waals surface area contributed by atoms with Gasteiger partial charge in [-0.3, -0.25) is 5.32 Å². The number of likely N-dealkylation sites (tertiary alicyclic amines) is 1. The van der Waals surface area contributed by atoms with Crippen LogP contribution in [0.1, 0.15) is 43.7 Å². The molecule has 2 unspecified atom stereocenters. The molecule has 9 nitrogen and oxygen atoms in total. The molecule has 39 heavy (non-hydrogen) atoms. The highest BCUT2D eigenvalue weighted by molar-refractivity contribution is 5.86. The Morgan fingerprint density at radius 3 is 2.44 bits per heavy atom. The fraction of sp³-hybridized carbons (Fsp3) is 0.517. The molecule has 0 bridgehead atoms. The molecule has 10 heteroatoms. The predicted octanol–water partition coefficient (Wildman–Crippen LogP) is 5.84. The summed E-state index contributed by atoms with van der Waals surface area (Å²) in [4.78, 5) is 15.1. The summed E-state index contributed by atoms with van der Waals surface area (Å²) in [6, 6.07) is 7.97. The van der Waals surface area contributed by atoms with E-state index in [2.05, 4.69) is 15.4 Å². The number of halogens is 1. The maximum Gasteiger partial charge on any atom is 0.411 e. The highest BCUT2D eigenvalue weighted by Crippen LogP contribution is 2.40. The van der Waals surface area contributed by atoms with Gasteiger partial charge in [-0.2, -0.15) is 0 Å². The van der Waals surface area contributed by atoms with Crippen LogP contribution in [0.25, 0.3) is 11.0 Å². The number of carbonyl (C=O) groups excluding carboxylic acids is 1. The zero-order valence-corrected chi connectivity index (χ0v) is 22.7. The number of fused-ring (bicyclic) bond motifs is 1. The van der Waals surface area contributed by atoms with E-state index < -0.39 is 6.09 Å². The summed E-state index contributed by atoms with van der Waals surface area (Å²) in [6.45, 7) is 3.34. The summed E-state index contributed by atoms with van der Waals surface area (Å²) in [5.41, 5.74) is 1.95. The maximum absolute atomic E-state index is 13.5. The Kier molecular flexibility index (Phi) is 8.40. The molecule has 1 aliphatic carbocycles. The molecule has 1 aliphatic heterocycles. The second kappa shape index (κ2) is 12.1. The molecule has 0 spiro atoms. The van der Waals surface area contributed by atoms with Crippen molar-refractivity contribution in [2.24, 2.45) is 11.8 Å². The minimum atomic E-state index is -0.504. The number of amides is 1. The number of ether oxygens (including phenoxy) is 4. The molecular weight excluding hydrogens is 505 g/mol. The number of anilines is 1. The monoisotopic (exact) mass is 541 g/mol. The van der Waals surface area contributed by atoms with Crippen molar-refractivity contribution in [3.05, 3.63) is 41.8 Å². The van der Waals surface area contributed by atoms with Crippen LogP contribution in [0.2, 0.25) is 0 Å². The van der Waals surface area contributed by atoms with E-state index in [1.165, 1.54) is 33.5 Å². The van der Waals surface area contributed by atoms with Crippen molar-refractivity contribution in [2.45, 2.75) is 38.0 Å². The normalized spacial score (nSPS) is 20.2. The van der Waals surface area contributed by atoms with E-state index in [1.807, 2.05) is 0 Å². The molecule has 3 aromatic rings. The van der Waals surface area contributed by atoms with Crippen LogP contribution in [0.3, 0.4) is 0 Å². The summed E-state index contributed by atoms with van der Waals surface area (Å²) in [5.74, 6) is 2.20. The molecule has 1 amide bonds. The van der Waals surface area contributed by atoms with Crippen molar-refractivity contribution in [1.29, 1.82) is 0 Å². The van der Waals surface area contributed by atoms with Gasteiger partial charge >= 0.3 is 6.09 Å². The molecule has 5 rings (SSSR count). The minimum absolute atomic E-state index is 0.311. The molecule has 2 atom stereocenters. The first-order valence-electron chi connectivity index (χ1n) is 13.5. The average molecular weight is 542 g/mol. The van der Waals surface area contributed by atoms with Crippen LogP contribution >= 0.6 is 0 Å². The summed E-state index contributed by atoms with van der Waals surface area (Å²) < 4.78 is 40.6. The number of piperidine rings is 1. The van der Waals surface area contributed by atoms with E-state index in [0.29, 0.717) is 52.9 Å². The summed E-state index contributed by atoms with van der Waals surface area (Å²) in [5, 5.41) is 7.95. The van der Waals surface area contributed by atoms with Crippen LogP contribution in [0.15, 0.2) is 34.9 Å². The predicted molar refractivity (Wildman–Crippen MR) is 144 cm³/mol. The van der Waals surface area contributed by atoms with E-state index in [1.54, 1.807) is 18.2 Å². The van der Waals surface area contributed by atoms with E-state index in [4.69, 9.17) is 23.5 Å². The number of methoxy groups -OCH3 is 3. The van der Waals surface area contributed by atoms with Gasteiger partial charge in [-0.25, -0.2) is 9.18 Å². The van der Waals surface area contributed by atoms with Gasteiger partial charge < -0.3 is 28.4 Å². The van der Waals surface area contributed by atoms with Crippen LogP contribution in [-0.2, 0) is 4.74 Å². The van der Waals surface area contributed by atoms with Gasteiger partial charge in [0.05, 0.1) is 39.3 Å². The van der Waals surface area contributed by atoms with Crippen molar-refractivity contribution in [3.63, 3.8) is 0 Å². The lowest BCUT2D eigenvalue weighted by molar-refractivity contribution is 0.109. The maximum atomic E-state index is 13.5. The molecule has 2 aliphatic rings. The molecule has 210 valence electrons. The van der Waals surface area contributed by atoms with Crippen molar-refractivity contribution < 1.29 is 32.7 Å². The van der Waals surface area contributed by atoms with E-state index in [0.717, 1.165) is 62.8 Å². The summed E-state index contributed by atoms with van der Waals surface area (Å²) >= 11 is 0. The van der Waals surface area contributed by atoms with Gasteiger partial charge in [-0.15, -0.1) is 0 Å². The van der Waals surface area contributed by atoms with E-state index in [9.17, 15) is 9.18 Å². The lowest BCUT2D eigenvalue weighted by Crippen LogP contribution is -2.38. The highest BCUT2D eigenvalue weighted by Gasteiger charge is 2.32. The molecule has 2 heterocycles. The molecular formula is C29H36FN3O6. The third-order valence-electron chi connectivity index (χ3n) is 8.09. The first-order chi connectivity index (χ1) is 19.0. The van der Waals surface area contributed by atoms with Crippen LogP contribution in [0, 0.1) is 17.7 Å². The molecule has 1 aromatic heterocycles. The van der Waals surface area contributed by atoms with Crippen molar-refractivity contribution >= 4 is 22.7 Å². The van der Waals surface area contributed by atoms with Crippen molar-refractivity contribution in [1.82, 2.24) is 10.1 Å². The van der Waals surface area contributed by atoms with Gasteiger partial charge in [0.2, 0.25) is 5.75 Å². The summed E-state index contributed by atoms with van der Waals surface area (Å²) in [7, 11) is 4.59. The largest absolute Gasteiger partial charge is 0.493 e. The molecule has 1 saturated heterocycles. The Morgan fingerprint density at radius 2 is 1.74 bits per heavy atom. The third-order valence-corrected chi connectivity index (χ3v) is 8.09. The van der Waals surface area contributed by atoms with Crippen LogP contribution in [0.4, 0.5) is 14.9 Å². The molecule has 0 radical (unpaired) electrons. The molecule has 1 N–H and O–H groups in total. The van der Waals surface area contributed by atoms with Gasteiger partial charge in [0.15, 0.2) is 17.1 Å². The molecule has 2 aromatic carbocycles. The van der Waals surface area contributed by atoms with Gasteiger partial charge in [0.1, 0.15) is 5.82 Å². The van der Waals surface area contributed by atoms with Gasteiger partial charge in [-0.1, -0.05) is 11.6 Å². The topological polar surface area (TPSA) is 95.3 Å². The van der Waals surface area contributed by atoms with Gasteiger partial charge in [-0.05, 0) is 62.7 Å². The Bertz CT molecular complexity index is 1260. The average Bonchev–Trinajstić information content (AvgIpc) is 3.58. The number of benzene rings is 2. The number of nitrogens with zero attached hydrogens (tertiary/aromatic N) is 2. The lowest BCUT2D eigenvalue weighted by atomic mass is 9.90. The standard InChI is InChI=1S/C29H36FN3O6/c1-35-25-14-22(15-26(36-2)28(25)37-3)31-29(34)38-17-20-6-4-5-19(20)16-33-11-9-18(10-12-33)27-23-8-7-21(30)13-24(23)39-32-27/h7-8,13-15,18-20H,4-6,9-12,16-17H2,1-3H3,(H,31,34). The van der Waals surface area contributed by atoms with Crippen LogP contribution < -0.4 is 19.5 Å². The van der Waals surface area contributed by atoms with E-state index in [-0.39, 0.29) is 5.82 Å². The second-order valence-corrected chi connectivity index (χ2v) is 10.4. The quantitative estimate of drug-likeness (QED) is 0.361. The van der Waals surface area contributed by atoms with Crippen molar-refractivity contribution in [2.75, 3.05) is 52.9 Å². The zero-order chi connectivity index (χ0) is 27.4. The number of aromatic nitrogens is 1. The smallest absolute Gasteiger partial charge is 0.411 e. The van der Waals surface area contributed by atoms with E-state index >= 15 is 0 Å². The fourth-order valence-electron chi connectivity index (χ4n) is 6.01. The Hall–Kier alpha value is -3.53. The number of nitrogens with one attached hydrogen (secondary N) is 1. The number of hydrogen-bond donors (Lipinski definition) is 1.